The van der Waals surface area contributed by atoms with Crippen molar-refractivity contribution in [1.29, 1.82) is 0 Å². The number of nitrogens with zero attached hydrogens (tertiary/aromatic N) is 2. The first-order chi connectivity index (χ1) is 16.1. The second-order valence-corrected chi connectivity index (χ2v) is 8.87. The number of pyridine rings is 1. The quantitative estimate of drug-likeness (QED) is 0.447. The monoisotopic (exact) mass is 439 g/mol. The number of methoxy groups -OCH3 is 1. The van der Waals surface area contributed by atoms with Crippen LogP contribution in [0.1, 0.15) is 35.7 Å². The summed E-state index contributed by atoms with van der Waals surface area (Å²) in [6.45, 7) is 3.58. The summed E-state index contributed by atoms with van der Waals surface area (Å²) < 4.78 is 5.29. The number of hydrogen-bond donors (Lipinski definition) is 1. The van der Waals surface area contributed by atoms with Gasteiger partial charge in [0, 0.05) is 47.5 Å². The van der Waals surface area contributed by atoms with Crippen LogP contribution in [0.4, 0.5) is 0 Å². The fourth-order valence-corrected chi connectivity index (χ4v) is 4.85. The molecule has 5 rings (SSSR count). The molecule has 0 spiro atoms. The van der Waals surface area contributed by atoms with Gasteiger partial charge in [0.1, 0.15) is 5.75 Å². The highest BCUT2D eigenvalue weighted by atomic mass is 16.5. The van der Waals surface area contributed by atoms with E-state index in [0.29, 0.717) is 6.42 Å². The van der Waals surface area contributed by atoms with Gasteiger partial charge in [-0.05, 0) is 66.8 Å². The molecule has 0 saturated carbocycles. The zero-order chi connectivity index (χ0) is 22.8. The van der Waals surface area contributed by atoms with Crippen molar-refractivity contribution in [2.75, 3.05) is 20.2 Å². The molecule has 1 N–H and O–H groups in total. The number of ether oxygens (including phenoxy) is 1. The highest BCUT2D eigenvalue weighted by molar-refractivity contribution is 5.89. The van der Waals surface area contributed by atoms with Crippen LogP contribution >= 0.6 is 0 Å². The number of carbonyl (C=O) groups is 1. The van der Waals surface area contributed by atoms with E-state index < -0.39 is 0 Å². The van der Waals surface area contributed by atoms with Crippen LogP contribution in [-0.2, 0) is 11.2 Å². The van der Waals surface area contributed by atoms with Crippen molar-refractivity contribution < 1.29 is 9.53 Å². The van der Waals surface area contributed by atoms with Gasteiger partial charge in [0.25, 0.3) is 0 Å². The zero-order valence-corrected chi connectivity index (χ0v) is 19.2. The predicted octanol–water partition coefficient (Wildman–Crippen LogP) is 5.50. The minimum atomic E-state index is 0.187. The van der Waals surface area contributed by atoms with Crippen molar-refractivity contribution in [3.63, 3.8) is 0 Å². The van der Waals surface area contributed by atoms with Crippen LogP contribution in [0.25, 0.3) is 22.0 Å². The summed E-state index contributed by atoms with van der Waals surface area (Å²) in [6, 6.07) is 20.6. The van der Waals surface area contributed by atoms with Gasteiger partial charge in [-0.1, -0.05) is 30.3 Å². The second-order valence-electron chi connectivity index (χ2n) is 8.87. The third-order valence-corrected chi connectivity index (χ3v) is 6.61. The molecule has 1 aliphatic heterocycles. The number of aryl methyl sites for hydroxylation is 1. The summed E-state index contributed by atoms with van der Waals surface area (Å²) >= 11 is 0. The summed E-state index contributed by atoms with van der Waals surface area (Å²) in [5.74, 6) is 1.29. The smallest absolute Gasteiger partial charge is 0.227 e. The first-order valence-corrected chi connectivity index (χ1v) is 11.6. The molecule has 5 nitrogen and oxygen atoms in total. The Morgan fingerprint density at radius 1 is 1.12 bits per heavy atom. The topological polar surface area (TPSA) is 58.2 Å². The van der Waals surface area contributed by atoms with Crippen LogP contribution in [0, 0.1) is 6.92 Å². The van der Waals surface area contributed by atoms with Crippen molar-refractivity contribution in [3.05, 3.63) is 83.8 Å². The molecule has 5 heteroatoms. The van der Waals surface area contributed by atoms with Crippen molar-refractivity contribution in [1.82, 2.24) is 14.9 Å². The van der Waals surface area contributed by atoms with Gasteiger partial charge in [-0.3, -0.25) is 9.78 Å². The number of aromatic nitrogens is 2. The Morgan fingerprint density at radius 3 is 2.76 bits per heavy atom. The van der Waals surface area contributed by atoms with Gasteiger partial charge < -0.3 is 14.6 Å². The lowest BCUT2D eigenvalue weighted by Crippen LogP contribution is -2.40. The van der Waals surface area contributed by atoms with Crippen LogP contribution < -0.4 is 4.74 Å². The van der Waals surface area contributed by atoms with Gasteiger partial charge in [0.05, 0.1) is 13.5 Å². The molecule has 168 valence electrons. The minimum absolute atomic E-state index is 0.187. The standard InChI is InChI=1S/C28H29N3O2/c1-19-14-22(20-9-11-24(33-2)12-10-20)15-27(30-19)21-6-5-13-31(18-21)28(32)16-23-17-29-26-8-4-3-7-25(23)26/h3-4,7-12,14-15,17,21,29H,5-6,13,16,18H2,1-2H3/t21-/m0/s1. The zero-order valence-electron chi connectivity index (χ0n) is 19.2. The van der Waals surface area contributed by atoms with E-state index in [4.69, 9.17) is 9.72 Å². The molecular formula is C28H29N3O2. The van der Waals surface area contributed by atoms with Gasteiger partial charge in [0.2, 0.25) is 5.91 Å². The molecule has 4 aromatic rings. The van der Waals surface area contributed by atoms with Crippen molar-refractivity contribution >= 4 is 16.8 Å². The molecule has 2 aromatic carbocycles. The number of carbonyl (C=O) groups excluding carboxylic acids is 1. The lowest BCUT2D eigenvalue weighted by atomic mass is 9.92. The Hall–Kier alpha value is -3.60. The second kappa shape index (κ2) is 9.10. The van der Waals surface area contributed by atoms with Crippen LogP contribution in [-0.4, -0.2) is 41.0 Å². The molecule has 0 unspecified atom stereocenters. The minimum Gasteiger partial charge on any atom is -0.497 e. The molecule has 1 saturated heterocycles. The van der Waals surface area contributed by atoms with Crippen LogP contribution in [0.2, 0.25) is 0 Å². The average molecular weight is 440 g/mol. The molecule has 1 fully saturated rings. The SMILES string of the molecule is COc1ccc(-c2cc(C)nc([C@H]3CCCN(C(=O)Cc4c[nH]c5ccccc45)C3)c2)cc1. The molecule has 1 amide bonds. The molecular weight excluding hydrogens is 410 g/mol. The number of amides is 1. The fourth-order valence-electron chi connectivity index (χ4n) is 4.85. The van der Waals surface area contributed by atoms with Gasteiger partial charge in [0.15, 0.2) is 0 Å². The molecule has 0 bridgehead atoms. The Balaban J connectivity index is 1.34. The predicted molar refractivity (Wildman–Crippen MR) is 132 cm³/mol. The third-order valence-electron chi connectivity index (χ3n) is 6.61. The van der Waals surface area contributed by atoms with Crippen LogP contribution in [0.3, 0.4) is 0 Å². The Labute approximate surface area is 194 Å². The number of aromatic amines is 1. The average Bonchev–Trinajstić information content (AvgIpc) is 3.26. The number of benzene rings is 2. The van der Waals surface area contributed by atoms with Gasteiger partial charge in [-0.25, -0.2) is 0 Å². The van der Waals surface area contributed by atoms with E-state index >= 15 is 0 Å². The van der Waals surface area contributed by atoms with Gasteiger partial charge in [-0.2, -0.15) is 0 Å². The maximum absolute atomic E-state index is 13.2. The van der Waals surface area contributed by atoms with Crippen molar-refractivity contribution in [2.24, 2.45) is 0 Å². The van der Waals surface area contributed by atoms with Gasteiger partial charge >= 0.3 is 0 Å². The third kappa shape index (κ3) is 4.49. The fraction of sp³-hybridized carbons (Fsp3) is 0.286. The lowest BCUT2D eigenvalue weighted by Gasteiger charge is -2.33. The summed E-state index contributed by atoms with van der Waals surface area (Å²) in [7, 11) is 1.68. The van der Waals surface area contributed by atoms with Crippen LogP contribution in [0.15, 0.2) is 66.9 Å². The molecule has 0 radical (unpaired) electrons. The number of H-pyrrole nitrogens is 1. The van der Waals surface area contributed by atoms with E-state index in [1.807, 2.05) is 48.4 Å². The summed E-state index contributed by atoms with van der Waals surface area (Å²) in [4.78, 5) is 23.3. The Kier molecular flexibility index (Phi) is 5.86. The first-order valence-electron chi connectivity index (χ1n) is 11.6. The number of fused-ring (bicyclic) bond motifs is 1. The van der Waals surface area contributed by atoms with Crippen molar-refractivity contribution in [2.45, 2.75) is 32.1 Å². The number of para-hydroxylation sites is 1. The van der Waals surface area contributed by atoms with E-state index in [1.54, 1.807) is 7.11 Å². The number of likely N-dealkylation sites (tertiary alicyclic amines) is 1. The van der Waals surface area contributed by atoms with Crippen molar-refractivity contribution in [3.8, 4) is 16.9 Å². The molecule has 2 aromatic heterocycles. The van der Waals surface area contributed by atoms with E-state index in [2.05, 4.69) is 35.3 Å². The Morgan fingerprint density at radius 2 is 1.94 bits per heavy atom. The highest BCUT2D eigenvalue weighted by Gasteiger charge is 2.26. The van der Waals surface area contributed by atoms with Gasteiger partial charge in [-0.15, -0.1) is 0 Å². The molecule has 3 heterocycles. The summed E-state index contributed by atoms with van der Waals surface area (Å²) in [5, 5.41) is 1.13. The van der Waals surface area contributed by atoms with E-state index in [1.165, 1.54) is 0 Å². The van der Waals surface area contributed by atoms with Crippen LogP contribution in [0.5, 0.6) is 5.75 Å². The number of rotatable bonds is 5. The van der Waals surface area contributed by atoms with E-state index in [-0.39, 0.29) is 11.8 Å². The molecule has 1 atom stereocenters. The maximum Gasteiger partial charge on any atom is 0.227 e. The normalized spacial score (nSPS) is 16.2. The van der Waals surface area contributed by atoms with E-state index in [9.17, 15) is 4.79 Å². The largest absolute Gasteiger partial charge is 0.497 e. The molecule has 33 heavy (non-hydrogen) atoms. The lowest BCUT2D eigenvalue weighted by molar-refractivity contribution is -0.131. The number of hydrogen-bond acceptors (Lipinski definition) is 3. The molecule has 0 aliphatic carbocycles. The first kappa shape index (κ1) is 21.3. The molecule has 1 aliphatic rings. The number of piperidine rings is 1. The Bertz CT molecular complexity index is 1280. The number of nitrogens with one attached hydrogen (secondary N) is 1. The maximum atomic E-state index is 13.2. The highest BCUT2D eigenvalue weighted by Crippen LogP contribution is 2.31. The van der Waals surface area contributed by atoms with E-state index in [0.717, 1.165) is 70.7 Å². The summed E-state index contributed by atoms with van der Waals surface area (Å²) in [6.07, 6.45) is 4.44. The summed E-state index contributed by atoms with van der Waals surface area (Å²) in [5.41, 5.74) is 6.51.